The molecule has 16 N–H and O–H groups in total. The zero-order valence-corrected chi connectivity index (χ0v) is 49.5. The number of allylic oxidation sites excluding steroid dienone is 2. The predicted octanol–water partition coefficient (Wildman–Crippen LogP) is -3.10. The van der Waals surface area contributed by atoms with Crippen molar-refractivity contribution in [2.45, 2.75) is 272 Å². The molecule has 9 fully saturated rings. The quantitative estimate of drug-likeness (QED) is 0.0477. The van der Waals surface area contributed by atoms with Gasteiger partial charge in [-0.3, -0.25) is 0 Å². The van der Waals surface area contributed by atoms with E-state index in [2.05, 4.69) is 40.7 Å². The Morgan fingerprint density at radius 2 is 1.06 bits per heavy atom. The smallest absolute Gasteiger partial charge is 0.187 e. The van der Waals surface area contributed by atoms with Crippen LogP contribution in [0, 0.1) is 45.3 Å². The van der Waals surface area contributed by atoms with Crippen LogP contribution in [-0.4, -0.2) is 274 Å². The van der Waals surface area contributed by atoms with Gasteiger partial charge < -0.3 is 129 Å². The monoisotopic (exact) mass is 1210 g/mol. The average Bonchev–Trinajstić information content (AvgIpc) is 1.32. The van der Waals surface area contributed by atoms with E-state index in [1.54, 1.807) is 0 Å². The van der Waals surface area contributed by atoms with Gasteiger partial charge in [-0.25, -0.2) is 0 Å². The molecule has 26 heteroatoms. The van der Waals surface area contributed by atoms with Crippen molar-refractivity contribution in [1.82, 2.24) is 0 Å². The second-order valence-electron chi connectivity index (χ2n) is 27.6. The maximum atomic E-state index is 12.9. The third-order valence-corrected chi connectivity index (χ3v) is 22.3. The molecule has 26 nitrogen and oxygen atoms in total. The second kappa shape index (κ2) is 25.8. The predicted molar refractivity (Wildman–Crippen MR) is 287 cm³/mol. The number of aliphatic hydroxyl groups excluding tert-OH is 16. The molecule has 0 bridgehead atoms. The molecule has 0 amide bonds. The van der Waals surface area contributed by atoms with E-state index in [0.29, 0.717) is 38.5 Å². The Morgan fingerprint density at radius 3 is 1.70 bits per heavy atom. The van der Waals surface area contributed by atoms with Gasteiger partial charge >= 0.3 is 0 Å². The van der Waals surface area contributed by atoms with Crippen LogP contribution < -0.4 is 0 Å². The largest absolute Gasteiger partial charge is 0.394 e. The molecule has 9 rings (SSSR count). The first-order valence-electron chi connectivity index (χ1n) is 30.2. The van der Waals surface area contributed by atoms with Gasteiger partial charge in [-0.05, 0) is 124 Å². The van der Waals surface area contributed by atoms with Crippen LogP contribution in [0.2, 0.25) is 0 Å². The summed E-state index contributed by atoms with van der Waals surface area (Å²) in [5.41, 5.74) is -1.72. The number of ether oxygens (including phenoxy) is 10. The lowest BCUT2D eigenvalue weighted by Crippen LogP contribution is -2.68. The molecule has 0 radical (unpaired) electrons. The molecule has 5 saturated heterocycles. The molecule has 33 atom stereocenters. The highest BCUT2D eigenvalue weighted by atomic mass is 16.8. The molecule has 0 spiro atoms. The normalized spacial score (nSPS) is 52.9. The molecule has 0 aromatic rings. The topological polar surface area (TPSA) is 416 Å². The molecule has 4 aliphatic carbocycles. The molecule has 5 heterocycles. The van der Waals surface area contributed by atoms with Gasteiger partial charge in [0.05, 0.1) is 50.8 Å². The van der Waals surface area contributed by atoms with Crippen LogP contribution in [0.5, 0.6) is 0 Å². The Labute approximate surface area is 490 Å². The van der Waals surface area contributed by atoms with E-state index >= 15 is 0 Å². The van der Waals surface area contributed by atoms with E-state index in [4.69, 9.17) is 47.4 Å². The van der Waals surface area contributed by atoms with Gasteiger partial charge in [0, 0.05) is 0 Å². The fourth-order valence-electron chi connectivity index (χ4n) is 17.2. The molecule has 0 aromatic heterocycles. The van der Waals surface area contributed by atoms with E-state index < -0.39 is 203 Å². The molecule has 29 unspecified atom stereocenters. The van der Waals surface area contributed by atoms with Crippen molar-refractivity contribution >= 4 is 0 Å². The third-order valence-electron chi connectivity index (χ3n) is 22.3. The van der Waals surface area contributed by atoms with Crippen LogP contribution in [0.1, 0.15) is 113 Å². The Morgan fingerprint density at radius 1 is 0.524 bits per heavy atom. The first-order valence-corrected chi connectivity index (χ1v) is 30.2. The standard InChI is InChI=1S/C58H98O26/c1-24(2)10-9-14-58(8,84-51-46(74)42(70)39(67)31(80-51)23-76-52-47(40(68)30(21-61)78-52)82-49-44(72)36(64)27(63)22-75-49)25-11-16-57(7)35(25)26(62)18-33-55(5)15-13-34(54(3,4)32(55)12-17-56(33,57)6)81-53-48(43(71)38(66)29(20-60)79-53)83-50-45(73)41(69)37(65)28(19-59)77-50/h10,25-53,59-74H,9,11-23H2,1-8H3/t25?,26?,27?,28?,29?,30?,31?,32?,33?,34?,35?,36?,37?,38?,39?,40?,41?,42?,43?,44?,45?,46?,47?,48?,49?,50?,51?,52?,53?,55-,56+,57+,58-/m0/s1. The first kappa shape index (κ1) is 67.1. The van der Waals surface area contributed by atoms with Gasteiger partial charge in [-0.2, -0.15) is 0 Å². The first-order chi connectivity index (χ1) is 39.4. The minimum atomic E-state index is -1.83. The van der Waals surface area contributed by atoms with Crippen LogP contribution in [0.4, 0.5) is 0 Å². The third kappa shape index (κ3) is 11.9. The van der Waals surface area contributed by atoms with Crippen LogP contribution in [0.15, 0.2) is 11.6 Å². The van der Waals surface area contributed by atoms with Crippen molar-refractivity contribution < 1.29 is 129 Å². The number of fused-ring (bicyclic) bond motifs is 5. The van der Waals surface area contributed by atoms with Crippen LogP contribution in [0.3, 0.4) is 0 Å². The highest BCUT2D eigenvalue weighted by Gasteiger charge is 2.72. The lowest BCUT2D eigenvalue weighted by atomic mass is 9.35. The molecule has 486 valence electrons. The summed E-state index contributed by atoms with van der Waals surface area (Å²) in [6, 6.07) is 0. The van der Waals surface area contributed by atoms with Gasteiger partial charge in [-0.15, -0.1) is 0 Å². The Hall–Kier alpha value is -1.30. The highest BCUT2D eigenvalue weighted by molar-refractivity contribution is 5.21. The van der Waals surface area contributed by atoms with Crippen molar-refractivity contribution in [2.24, 2.45) is 45.3 Å². The Bertz CT molecular complexity index is 2210. The summed E-state index contributed by atoms with van der Waals surface area (Å²) in [5.74, 6) is -0.565. The van der Waals surface area contributed by atoms with E-state index in [1.807, 2.05) is 20.8 Å². The molecule has 4 saturated carbocycles. The van der Waals surface area contributed by atoms with Crippen LogP contribution in [-0.2, 0) is 47.4 Å². The zero-order valence-electron chi connectivity index (χ0n) is 49.5. The fourth-order valence-corrected chi connectivity index (χ4v) is 17.2. The highest BCUT2D eigenvalue weighted by Crippen LogP contribution is 2.76. The van der Waals surface area contributed by atoms with Crippen molar-refractivity contribution in [3.8, 4) is 0 Å². The minimum Gasteiger partial charge on any atom is -0.394 e. The summed E-state index contributed by atoms with van der Waals surface area (Å²) < 4.78 is 60.9. The van der Waals surface area contributed by atoms with E-state index in [1.165, 1.54) is 0 Å². The summed E-state index contributed by atoms with van der Waals surface area (Å²) >= 11 is 0. The van der Waals surface area contributed by atoms with Crippen molar-refractivity contribution in [1.29, 1.82) is 0 Å². The molecule has 0 aromatic carbocycles. The summed E-state index contributed by atoms with van der Waals surface area (Å²) in [5, 5.41) is 174. The lowest BCUT2D eigenvalue weighted by molar-refractivity contribution is -0.378. The van der Waals surface area contributed by atoms with E-state index in [9.17, 15) is 81.7 Å². The van der Waals surface area contributed by atoms with E-state index in [0.717, 1.165) is 24.8 Å². The van der Waals surface area contributed by atoms with Crippen molar-refractivity contribution in [3.63, 3.8) is 0 Å². The maximum absolute atomic E-state index is 12.9. The maximum Gasteiger partial charge on any atom is 0.187 e. The molecule has 9 aliphatic rings. The van der Waals surface area contributed by atoms with Crippen molar-refractivity contribution in [2.75, 3.05) is 33.0 Å². The van der Waals surface area contributed by atoms with Gasteiger partial charge in [0.25, 0.3) is 0 Å². The average molecular weight is 1210 g/mol. The Balaban J connectivity index is 0.918. The van der Waals surface area contributed by atoms with Crippen molar-refractivity contribution in [3.05, 3.63) is 11.6 Å². The van der Waals surface area contributed by atoms with Gasteiger partial charge in [0.15, 0.2) is 31.5 Å². The molecular weight excluding hydrogens is 1110 g/mol. The minimum absolute atomic E-state index is 0.0176. The van der Waals surface area contributed by atoms with Gasteiger partial charge in [0.2, 0.25) is 0 Å². The SMILES string of the molecule is CC(C)=CCC[C@](C)(OC1OC(COC2OC(CO)C(O)C2OC2OCC(O)C(O)C2O)C(O)C(O)C1O)C1CC[C@]2(C)C1C(O)CC1[C@@]3(C)CCC(OC4OC(CO)C(O)C(O)C4OC4OC(CO)C(O)C(O)C4O)C(C)(C)C3CC[C@]12C. The molecule has 5 aliphatic heterocycles. The van der Waals surface area contributed by atoms with E-state index in [-0.39, 0.29) is 34.5 Å². The summed E-state index contributed by atoms with van der Waals surface area (Å²) in [7, 11) is 0. The fraction of sp³-hybridized carbons (Fsp3) is 0.966. The molecular formula is C58H98O26. The molecule has 84 heavy (non-hydrogen) atoms. The summed E-state index contributed by atoms with van der Waals surface area (Å²) in [4.78, 5) is 0. The number of hydrogen-bond acceptors (Lipinski definition) is 26. The lowest BCUT2D eigenvalue weighted by Gasteiger charge is -2.71. The van der Waals surface area contributed by atoms with Crippen LogP contribution in [0.25, 0.3) is 0 Å². The number of aliphatic hydroxyl groups is 16. The summed E-state index contributed by atoms with van der Waals surface area (Å²) in [6.45, 7) is 14.1. The number of hydrogen-bond donors (Lipinski definition) is 16. The second-order valence-corrected chi connectivity index (χ2v) is 27.6. The van der Waals surface area contributed by atoms with Gasteiger partial charge in [0.1, 0.15) is 110 Å². The van der Waals surface area contributed by atoms with Gasteiger partial charge in [-0.1, -0.05) is 46.3 Å². The summed E-state index contributed by atoms with van der Waals surface area (Å²) in [6.07, 6.45) is -29.8. The van der Waals surface area contributed by atoms with Crippen LogP contribution >= 0.6 is 0 Å². The zero-order chi connectivity index (χ0) is 61.5. The Kier molecular flexibility index (Phi) is 20.6. The number of rotatable bonds is 18.